The Kier molecular flexibility index (Phi) is 8.03. The van der Waals surface area contributed by atoms with Crippen molar-refractivity contribution >= 4 is 73.4 Å². The van der Waals surface area contributed by atoms with Gasteiger partial charge in [-0.05, 0) is 60.7 Å². The van der Waals surface area contributed by atoms with Gasteiger partial charge in [0.05, 0.1) is 5.56 Å². The van der Waals surface area contributed by atoms with Crippen LogP contribution in [-0.4, -0.2) is 5.91 Å². The number of halogens is 3. The Morgan fingerprint density at radius 1 is 0.962 bits per heavy atom. The van der Waals surface area contributed by atoms with Crippen molar-refractivity contribution in [3.63, 3.8) is 0 Å². The van der Waals surface area contributed by atoms with Crippen LogP contribution in [0.4, 0.5) is 11.4 Å². The molecule has 3 aromatic rings. The Morgan fingerprint density at radius 3 is 2.23 bits per heavy atom. The van der Waals surface area contributed by atoms with Gasteiger partial charge in [0.25, 0.3) is 5.91 Å². The van der Waals surface area contributed by atoms with E-state index in [0.29, 0.717) is 16.9 Å². The molecule has 0 saturated carbocycles. The van der Waals surface area contributed by atoms with Gasteiger partial charge in [-0.25, -0.2) is 0 Å². The van der Waals surface area contributed by atoms with Crippen molar-refractivity contribution in [1.82, 2.24) is 0 Å². The maximum absolute atomic E-state index is 12.1. The summed E-state index contributed by atoms with van der Waals surface area (Å²) >= 11 is 16.3. The lowest BCUT2D eigenvalue weighted by atomic mass is 10.1. The minimum atomic E-state index is -0.230. The highest BCUT2D eigenvalue weighted by molar-refractivity contribution is 9.10. The molecule has 0 aliphatic heterocycles. The molecule has 134 valence electrons. The van der Waals surface area contributed by atoms with Gasteiger partial charge in [-0.3, -0.25) is 4.79 Å². The topological polar surface area (TPSA) is 55.1 Å². The van der Waals surface area contributed by atoms with Crippen molar-refractivity contribution in [2.45, 2.75) is 4.90 Å². The van der Waals surface area contributed by atoms with Crippen molar-refractivity contribution in [2.24, 2.45) is 0 Å². The molecule has 0 bridgehead atoms. The highest BCUT2D eigenvalue weighted by Gasteiger charge is 2.10. The van der Waals surface area contributed by atoms with Gasteiger partial charge in [0.15, 0.2) is 0 Å². The molecule has 1 amide bonds. The minimum absolute atomic E-state index is 0.230. The molecule has 0 spiro atoms. The van der Waals surface area contributed by atoms with E-state index in [1.54, 1.807) is 18.2 Å². The summed E-state index contributed by atoms with van der Waals surface area (Å²) in [4.78, 5) is 13.0. The minimum Gasteiger partial charge on any atom is -0.398 e. The van der Waals surface area contributed by atoms with Crippen molar-refractivity contribution < 1.29 is 4.79 Å². The second-order valence-corrected chi connectivity index (χ2v) is 7.96. The standard InChI is InChI=1S/C13H10Br2N2O.C6H5ClS/c14-8-2-1-3-10(6-8)17-13(18)11-7-9(15)4-5-12(11)16;7-5-1-3-6(8)4-2-5/h1-7H,16H2,(H,17,18);1-4,8H. The molecular formula is C19H15Br2ClN2OS. The van der Waals surface area contributed by atoms with Gasteiger partial charge in [0, 0.05) is 30.2 Å². The molecule has 3 nitrogen and oxygen atoms in total. The average molecular weight is 515 g/mol. The molecule has 0 fully saturated rings. The number of rotatable bonds is 2. The van der Waals surface area contributed by atoms with E-state index < -0.39 is 0 Å². The maximum Gasteiger partial charge on any atom is 0.257 e. The van der Waals surface area contributed by atoms with Gasteiger partial charge >= 0.3 is 0 Å². The number of benzene rings is 3. The molecule has 0 aromatic heterocycles. The Morgan fingerprint density at radius 2 is 1.62 bits per heavy atom. The largest absolute Gasteiger partial charge is 0.398 e. The molecule has 3 N–H and O–H groups in total. The Bertz CT molecular complexity index is 883. The zero-order chi connectivity index (χ0) is 19.1. The quantitative estimate of drug-likeness (QED) is 0.264. The van der Waals surface area contributed by atoms with Crippen LogP contribution in [0.5, 0.6) is 0 Å². The van der Waals surface area contributed by atoms with E-state index in [-0.39, 0.29) is 5.91 Å². The third-order valence-corrected chi connectivity index (χ3v) is 4.71. The van der Waals surface area contributed by atoms with Gasteiger partial charge in [0.1, 0.15) is 0 Å². The number of hydrogen-bond donors (Lipinski definition) is 3. The first-order valence-electron chi connectivity index (χ1n) is 7.41. The summed E-state index contributed by atoms with van der Waals surface area (Å²) in [6, 6.07) is 19.9. The number of thiol groups is 1. The highest BCUT2D eigenvalue weighted by atomic mass is 79.9. The van der Waals surface area contributed by atoms with Crippen LogP contribution in [0.25, 0.3) is 0 Å². The number of nitrogens with one attached hydrogen (secondary N) is 1. The molecule has 0 radical (unpaired) electrons. The molecule has 0 aliphatic rings. The lowest BCUT2D eigenvalue weighted by Crippen LogP contribution is -2.14. The predicted octanol–water partition coefficient (Wildman–Crippen LogP) is 6.67. The molecule has 3 aromatic carbocycles. The van der Waals surface area contributed by atoms with E-state index >= 15 is 0 Å². The van der Waals surface area contributed by atoms with Crippen LogP contribution in [0.1, 0.15) is 10.4 Å². The third kappa shape index (κ3) is 6.68. The zero-order valence-corrected chi connectivity index (χ0v) is 18.2. The van der Waals surface area contributed by atoms with E-state index in [2.05, 4.69) is 49.8 Å². The van der Waals surface area contributed by atoms with Crippen LogP contribution in [0.15, 0.2) is 80.6 Å². The maximum atomic E-state index is 12.1. The fourth-order valence-electron chi connectivity index (χ4n) is 1.93. The van der Waals surface area contributed by atoms with Crippen molar-refractivity contribution in [2.75, 3.05) is 11.1 Å². The first kappa shape index (κ1) is 20.8. The van der Waals surface area contributed by atoms with Gasteiger partial charge < -0.3 is 11.1 Å². The first-order valence-corrected chi connectivity index (χ1v) is 9.83. The van der Waals surface area contributed by atoms with Crippen molar-refractivity contribution in [1.29, 1.82) is 0 Å². The van der Waals surface area contributed by atoms with Crippen LogP contribution in [-0.2, 0) is 0 Å². The molecule has 26 heavy (non-hydrogen) atoms. The normalized spacial score (nSPS) is 9.85. The summed E-state index contributed by atoms with van der Waals surface area (Å²) in [5, 5.41) is 3.55. The monoisotopic (exact) mass is 512 g/mol. The second kappa shape index (κ2) is 10.0. The number of amides is 1. The molecule has 0 unspecified atom stereocenters. The Balaban J connectivity index is 0.000000254. The second-order valence-electron chi connectivity index (χ2n) is 5.17. The molecule has 7 heteroatoms. The number of nitrogen functional groups attached to an aromatic ring is 1. The summed E-state index contributed by atoms with van der Waals surface area (Å²) < 4.78 is 1.72. The molecular weight excluding hydrogens is 500 g/mol. The molecule has 3 rings (SSSR count). The highest BCUT2D eigenvalue weighted by Crippen LogP contribution is 2.21. The van der Waals surface area contributed by atoms with Gasteiger partial charge in [-0.15, -0.1) is 12.6 Å². The fraction of sp³-hybridized carbons (Fsp3) is 0. The van der Waals surface area contributed by atoms with Crippen LogP contribution in [0.3, 0.4) is 0 Å². The van der Waals surface area contributed by atoms with Crippen molar-refractivity contribution in [3.05, 3.63) is 86.3 Å². The van der Waals surface area contributed by atoms with Crippen LogP contribution in [0, 0.1) is 0 Å². The van der Waals surface area contributed by atoms with Gasteiger partial charge in [0.2, 0.25) is 0 Å². The van der Waals surface area contributed by atoms with E-state index in [1.807, 2.05) is 48.5 Å². The van der Waals surface area contributed by atoms with Crippen LogP contribution in [0.2, 0.25) is 5.02 Å². The molecule has 0 atom stereocenters. The van der Waals surface area contributed by atoms with Crippen LogP contribution >= 0.6 is 56.1 Å². The predicted molar refractivity (Wildman–Crippen MR) is 119 cm³/mol. The number of carbonyl (C=O) groups excluding carboxylic acids is 1. The SMILES string of the molecule is Nc1ccc(Br)cc1C(=O)Nc1cccc(Br)c1.Sc1ccc(Cl)cc1. The summed E-state index contributed by atoms with van der Waals surface area (Å²) in [5.41, 5.74) is 7.40. The summed E-state index contributed by atoms with van der Waals surface area (Å²) in [6.07, 6.45) is 0. The Labute approximate surface area is 179 Å². The summed E-state index contributed by atoms with van der Waals surface area (Å²) in [7, 11) is 0. The first-order chi connectivity index (χ1) is 12.3. The smallest absolute Gasteiger partial charge is 0.257 e. The lowest BCUT2D eigenvalue weighted by Gasteiger charge is -2.08. The Hall–Kier alpha value is -1.47. The number of hydrogen-bond acceptors (Lipinski definition) is 3. The van der Waals surface area contributed by atoms with Crippen molar-refractivity contribution in [3.8, 4) is 0 Å². The summed E-state index contributed by atoms with van der Waals surface area (Å²) in [5.74, 6) is -0.230. The number of anilines is 2. The zero-order valence-electron chi connectivity index (χ0n) is 13.4. The molecule has 0 saturated heterocycles. The van der Waals surface area contributed by atoms with Gasteiger partial charge in [-0.2, -0.15) is 0 Å². The fourth-order valence-corrected chi connectivity index (χ4v) is 2.97. The third-order valence-electron chi connectivity index (χ3n) is 3.17. The van der Waals surface area contributed by atoms with Gasteiger partial charge in [-0.1, -0.05) is 49.5 Å². The molecule has 0 aliphatic carbocycles. The van der Waals surface area contributed by atoms with E-state index in [4.69, 9.17) is 17.3 Å². The van der Waals surface area contributed by atoms with E-state index in [0.717, 1.165) is 18.9 Å². The van der Waals surface area contributed by atoms with Crippen LogP contribution < -0.4 is 11.1 Å². The molecule has 0 heterocycles. The summed E-state index contributed by atoms with van der Waals surface area (Å²) in [6.45, 7) is 0. The lowest BCUT2D eigenvalue weighted by molar-refractivity contribution is 0.102. The van der Waals surface area contributed by atoms with E-state index in [1.165, 1.54) is 0 Å². The number of carbonyl (C=O) groups is 1. The number of nitrogens with two attached hydrogens (primary N) is 1. The average Bonchev–Trinajstić information content (AvgIpc) is 2.60. The van der Waals surface area contributed by atoms with E-state index in [9.17, 15) is 4.79 Å².